The van der Waals surface area contributed by atoms with Gasteiger partial charge in [-0.15, -0.1) is 0 Å². The predicted octanol–water partition coefficient (Wildman–Crippen LogP) is 2.01. The van der Waals surface area contributed by atoms with E-state index >= 15 is 0 Å². The second-order valence-electron chi connectivity index (χ2n) is 4.35. The van der Waals surface area contributed by atoms with Crippen molar-refractivity contribution in [2.75, 3.05) is 0 Å². The number of sulfone groups is 1. The summed E-state index contributed by atoms with van der Waals surface area (Å²) >= 11 is 0. The summed E-state index contributed by atoms with van der Waals surface area (Å²) in [5.41, 5.74) is 0.204. The summed E-state index contributed by atoms with van der Waals surface area (Å²) in [4.78, 5) is 9.48. The van der Waals surface area contributed by atoms with Crippen LogP contribution in [0.2, 0.25) is 0 Å². The summed E-state index contributed by atoms with van der Waals surface area (Å²) in [5, 5.41) is 3.85. The maximum Gasteiger partial charge on any atom is 0.237 e. The van der Waals surface area contributed by atoms with Crippen LogP contribution in [0.3, 0.4) is 0 Å². The molecule has 0 spiro atoms. The van der Waals surface area contributed by atoms with E-state index in [1.807, 2.05) is 6.07 Å². The van der Waals surface area contributed by atoms with Gasteiger partial charge < -0.3 is 4.84 Å². The van der Waals surface area contributed by atoms with Crippen molar-refractivity contribution in [1.29, 1.82) is 0 Å². The number of rotatable bonds is 3. The third-order valence-electron chi connectivity index (χ3n) is 3.02. The fourth-order valence-corrected chi connectivity index (χ4v) is 3.34. The van der Waals surface area contributed by atoms with E-state index in [1.165, 1.54) is 0 Å². The molecule has 2 heterocycles. The molecule has 5 nitrogen and oxygen atoms in total. The minimum atomic E-state index is -3.54. The van der Waals surface area contributed by atoms with Crippen LogP contribution in [-0.2, 0) is 14.7 Å². The zero-order valence-corrected chi connectivity index (χ0v) is 11.3. The Morgan fingerprint density at radius 2 is 1.80 bits per heavy atom. The lowest BCUT2D eigenvalue weighted by Gasteiger charge is -2.09. The van der Waals surface area contributed by atoms with Gasteiger partial charge in [-0.05, 0) is 24.3 Å². The van der Waals surface area contributed by atoms with E-state index in [1.54, 1.807) is 48.7 Å². The molecule has 1 aromatic heterocycles. The molecule has 0 amide bonds. The van der Waals surface area contributed by atoms with Gasteiger partial charge in [-0.2, -0.15) is 0 Å². The fraction of sp³-hybridized carbons (Fsp3) is 0.143. The number of nitrogens with zero attached hydrogens (tertiary/aromatic N) is 2. The second kappa shape index (κ2) is 5.05. The third-order valence-corrected chi connectivity index (χ3v) is 4.89. The summed E-state index contributed by atoms with van der Waals surface area (Å²) in [7, 11) is -3.54. The molecule has 102 valence electrons. The van der Waals surface area contributed by atoms with Crippen molar-refractivity contribution in [1.82, 2.24) is 4.98 Å². The first-order valence-corrected chi connectivity index (χ1v) is 7.65. The first-order chi connectivity index (χ1) is 9.68. The van der Waals surface area contributed by atoms with Gasteiger partial charge in [0.1, 0.15) is 5.71 Å². The zero-order valence-electron chi connectivity index (χ0n) is 10.5. The summed E-state index contributed by atoms with van der Waals surface area (Å²) in [6.45, 7) is 0. The molecule has 0 unspecified atom stereocenters. The van der Waals surface area contributed by atoms with Gasteiger partial charge in [0, 0.05) is 6.20 Å². The van der Waals surface area contributed by atoms with E-state index in [9.17, 15) is 8.42 Å². The Kier molecular flexibility index (Phi) is 3.23. The van der Waals surface area contributed by atoms with Crippen molar-refractivity contribution < 1.29 is 13.3 Å². The first kappa shape index (κ1) is 12.8. The molecule has 0 fully saturated rings. The van der Waals surface area contributed by atoms with Crippen LogP contribution in [-0.4, -0.2) is 24.5 Å². The van der Waals surface area contributed by atoms with Crippen molar-refractivity contribution >= 4 is 15.5 Å². The summed E-state index contributed by atoms with van der Waals surface area (Å²) in [6.07, 6.45) is 1.84. The van der Waals surface area contributed by atoms with E-state index in [-0.39, 0.29) is 11.3 Å². The predicted molar refractivity (Wildman–Crippen MR) is 73.9 cm³/mol. The number of pyridine rings is 1. The van der Waals surface area contributed by atoms with Crippen molar-refractivity contribution in [2.24, 2.45) is 5.16 Å². The van der Waals surface area contributed by atoms with Crippen LogP contribution >= 0.6 is 0 Å². The molecule has 2 aromatic rings. The molecule has 6 heteroatoms. The second-order valence-corrected chi connectivity index (χ2v) is 6.44. The van der Waals surface area contributed by atoms with Gasteiger partial charge in [0.15, 0.2) is 0 Å². The quantitative estimate of drug-likeness (QED) is 0.866. The molecule has 1 aliphatic rings. The van der Waals surface area contributed by atoms with Crippen LogP contribution in [0.1, 0.15) is 12.1 Å². The average molecular weight is 288 g/mol. The Labute approximate surface area is 116 Å². The number of aromatic nitrogens is 1. The van der Waals surface area contributed by atoms with Crippen molar-refractivity contribution in [2.45, 2.75) is 16.8 Å². The third kappa shape index (κ3) is 2.30. The molecular weight excluding hydrogens is 276 g/mol. The minimum Gasteiger partial charge on any atom is -0.375 e. The van der Waals surface area contributed by atoms with Crippen LogP contribution in [0.4, 0.5) is 0 Å². The highest BCUT2D eigenvalue weighted by molar-refractivity contribution is 7.92. The lowest BCUT2D eigenvalue weighted by Crippen LogP contribution is -2.21. The number of hydrogen-bond acceptors (Lipinski definition) is 5. The molecule has 0 bridgehead atoms. The van der Waals surface area contributed by atoms with Crippen molar-refractivity contribution in [3.63, 3.8) is 0 Å². The van der Waals surface area contributed by atoms with Gasteiger partial charge in [-0.25, -0.2) is 8.42 Å². The van der Waals surface area contributed by atoms with Crippen molar-refractivity contribution in [3.8, 4) is 0 Å². The maximum absolute atomic E-state index is 12.4. The Morgan fingerprint density at radius 3 is 2.50 bits per heavy atom. The molecule has 1 atom stereocenters. The molecule has 0 radical (unpaired) electrons. The molecule has 3 rings (SSSR count). The van der Waals surface area contributed by atoms with Gasteiger partial charge in [0.05, 0.1) is 17.0 Å². The van der Waals surface area contributed by atoms with Crippen LogP contribution in [0, 0.1) is 0 Å². The Bertz CT molecular complexity index is 728. The Balaban J connectivity index is 1.83. The molecule has 20 heavy (non-hydrogen) atoms. The Morgan fingerprint density at radius 1 is 1.05 bits per heavy atom. The Hall–Kier alpha value is -2.21. The van der Waals surface area contributed by atoms with E-state index in [0.717, 1.165) is 0 Å². The van der Waals surface area contributed by atoms with E-state index in [4.69, 9.17) is 4.84 Å². The lowest BCUT2D eigenvalue weighted by molar-refractivity contribution is 0.140. The zero-order chi connectivity index (χ0) is 14.0. The lowest BCUT2D eigenvalue weighted by atomic mass is 10.2. The molecule has 1 aromatic carbocycles. The monoisotopic (exact) mass is 288 g/mol. The van der Waals surface area contributed by atoms with E-state index < -0.39 is 15.3 Å². The molecule has 0 saturated heterocycles. The van der Waals surface area contributed by atoms with Crippen molar-refractivity contribution in [3.05, 3.63) is 60.4 Å². The van der Waals surface area contributed by atoms with Crippen LogP contribution in [0.5, 0.6) is 0 Å². The largest absolute Gasteiger partial charge is 0.375 e. The SMILES string of the molecule is O=S(=O)(c1ccccc1)[C@@H]1CC(c2ccccn2)=NO1. The molecule has 1 aliphatic heterocycles. The minimum absolute atomic E-state index is 0.203. The van der Waals surface area contributed by atoms with Crippen LogP contribution in [0.25, 0.3) is 0 Å². The number of hydrogen-bond donors (Lipinski definition) is 0. The summed E-state index contributed by atoms with van der Waals surface area (Å²) in [5.74, 6) is 0. The van der Waals surface area contributed by atoms with Crippen LogP contribution < -0.4 is 0 Å². The number of benzene rings is 1. The highest BCUT2D eigenvalue weighted by Gasteiger charge is 2.35. The standard InChI is InChI=1S/C14H12N2O3S/c17-20(18,11-6-2-1-3-7-11)14-10-13(16-19-14)12-8-4-5-9-15-12/h1-9,14H,10H2/t14-/m1/s1. The van der Waals surface area contributed by atoms with Gasteiger partial charge in [0.25, 0.3) is 0 Å². The summed E-state index contributed by atoms with van der Waals surface area (Å²) < 4.78 is 24.8. The molecule has 0 aliphatic carbocycles. The normalized spacial score (nSPS) is 18.4. The topological polar surface area (TPSA) is 68.6 Å². The van der Waals surface area contributed by atoms with Gasteiger partial charge >= 0.3 is 0 Å². The first-order valence-electron chi connectivity index (χ1n) is 6.11. The fourth-order valence-electron chi connectivity index (χ4n) is 1.97. The smallest absolute Gasteiger partial charge is 0.237 e. The maximum atomic E-state index is 12.4. The summed E-state index contributed by atoms with van der Waals surface area (Å²) in [6, 6.07) is 13.6. The van der Waals surface area contributed by atoms with Gasteiger partial charge in [-0.1, -0.05) is 29.4 Å². The molecule has 0 N–H and O–H groups in total. The van der Waals surface area contributed by atoms with Gasteiger partial charge in [0.2, 0.25) is 15.3 Å². The van der Waals surface area contributed by atoms with E-state index in [0.29, 0.717) is 11.4 Å². The molecule has 0 saturated carbocycles. The van der Waals surface area contributed by atoms with Gasteiger partial charge in [-0.3, -0.25) is 4.98 Å². The number of oxime groups is 1. The molecular formula is C14H12N2O3S. The highest BCUT2D eigenvalue weighted by Crippen LogP contribution is 2.25. The van der Waals surface area contributed by atoms with Crippen LogP contribution in [0.15, 0.2) is 64.8 Å². The van der Waals surface area contributed by atoms with E-state index in [2.05, 4.69) is 10.1 Å². The highest BCUT2D eigenvalue weighted by atomic mass is 32.2. The average Bonchev–Trinajstić information content (AvgIpc) is 3.00.